The van der Waals surface area contributed by atoms with Gasteiger partial charge in [-0.1, -0.05) is 79.7 Å². The lowest BCUT2D eigenvalue weighted by atomic mass is 10.0. The number of hydrogen-bond donors (Lipinski definition) is 1. The highest BCUT2D eigenvalue weighted by molar-refractivity contribution is 5.88. The van der Waals surface area contributed by atoms with Gasteiger partial charge in [-0.2, -0.15) is 0 Å². The van der Waals surface area contributed by atoms with E-state index in [9.17, 15) is 9.59 Å². The summed E-state index contributed by atoms with van der Waals surface area (Å²) in [6.45, 7) is 2.91. The summed E-state index contributed by atoms with van der Waals surface area (Å²) < 4.78 is 5.37. The van der Waals surface area contributed by atoms with Crippen LogP contribution in [0.2, 0.25) is 0 Å². The predicted molar refractivity (Wildman–Crippen MR) is 131 cm³/mol. The molecular formula is C28H32N2O3. The number of nitrogens with zero attached hydrogens (tertiary/aromatic N) is 1. The van der Waals surface area contributed by atoms with Crippen molar-refractivity contribution in [2.24, 2.45) is 0 Å². The monoisotopic (exact) mass is 444 g/mol. The van der Waals surface area contributed by atoms with Gasteiger partial charge in [0, 0.05) is 19.5 Å². The summed E-state index contributed by atoms with van der Waals surface area (Å²) >= 11 is 0. The van der Waals surface area contributed by atoms with Crippen LogP contribution in [-0.4, -0.2) is 36.4 Å². The molecule has 0 saturated heterocycles. The molecule has 0 saturated carbocycles. The predicted octanol–water partition coefficient (Wildman–Crippen LogP) is 4.40. The zero-order valence-electron chi connectivity index (χ0n) is 19.4. The summed E-state index contributed by atoms with van der Waals surface area (Å²) in [5.41, 5.74) is 2.85. The minimum Gasteiger partial charge on any atom is -0.497 e. The Hall–Kier alpha value is -3.60. The summed E-state index contributed by atoms with van der Waals surface area (Å²) in [4.78, 5) is 28.6. The van der Waals surface area contributed by atoms with Crippen LogP contribution in [0.1, 0.15) is 30.0 Å². The fourth-order valence-corrected chi connectivity index (χ4v) is 3.76. The second-order valence-corrected chi connectivity index (χ2v) is 8.03. The highest BCUT2D eigenvalue weighted by atomic mass is 16.5. The van der Waals surface area contributed by atoms with Crippen LogP contribution in [0.5, 0.6) is 5.75 Å². The molecule has 2 amide bonds. The standard InChI is InChI=1S/C28H32N2O3/c1-3-17-29-28(32)26(19-22-11-6-4-7-12-22)30(21-24-15-10-16-25(18-24)33-2)27(31)20-23-13-8-5-9-14-23/h4-16,18,26H,3,17,19-21H2,1-2H3,(H,29,32)/t26-/m0/s1. The number of carbonyl (C=O) groups is 2. The number of hydrogen-bond acceptors (Lipinski definition) is 3. The highest BCUT2D eigenvalue weighted by Crippen LogP contribution is 2.19. The third-order valence-electron chi connectivity index (χ3n) is 5.51. The van der Waals surface area contributed by atoms with E-state index in [2.05, 4.69) is 5.32 Å². The molecule has 3 aromatic carbocycles. The van der Waals surface area contributed by atoms with Crippen molar-refractivity contribution in [2.75, 3.05) is 13.7 Å². The number of methoxy groups -OCH3 is 1. The van der Waals surface area contributed by atoms with Gasteiger partial charge in [-0.25, -0.2) is 0 Å². The first-order chi connectivity index (χ1) is 16.1. The molecule has 0 aliphatic rings. The summed E-state index contributed by atoms with van der Waals surface area (Å²) in [6.07, 6.45) is 1.51. The van der Waals surface area contributed by atoms with Crippen LogP contribution < -0.4 is 10.1 Å². The minimum atomic E-state index is -0.624. The summed E-state index contributed by atoms with van der Waals surface area (Å²) in [6, 6.07) is 26.5. The van der Waals surface area contributed by atoms with Crippen molar-refractivity contribution in [2.45, 2.75) is 38.8 Å². The van der Waals surface area contributed by atoms with Gasteiger partial charge >= 0.3 is 0 Å². The largest absolute Gasteiger partial charge is 0.497 e. The lowest BCUT2D eigenvalue weighted by Crippen LogP contribution is -2.51. The third kappa shape index (κ3) is 7.21. The van der Waals surface area contributed by atoms with E-state index in [4.69, 9.17) is 4.74 Å². The second-order valence-electron chi connectivity index (χ2n) is 8.03. The molecule has 1 N–H and O–H groups in total. The van der Waals surface area contributed by atoms with Crippen molar-refractivity contribution in [3.8, 4) is 5.75 Å². The number of benzene rings is 3. The van der Waals surface area contributed by atoms with E-state index in [1.54, 1.807) is 12.0 Å². The first-order valence-corrected chi connectivity index (χ1v) is 11.4. The van der Waals surface area contributed by atoms with Gasteiger partial charge in [0.25, 0.3) is 0 Å². The van der Waals surface area contributed by atoms with Gasteiger partial charge in [0.2, 0.25) is 11.8 Å². The van der Waals surface area contributed by atoms with Crippen LogP contribution >= 0.6 is 0 Å². The Bertz CT molecular complexity index is 1020. The van der Waals surface area contributed by atoms with E-state index in [-0.39, 0.29) is 18.2 Å². The Morgan fingerprint density at radius 3 is 2.15 bits per heavy atom. The lowest BCUT2D eigenvalue weighted by Gasteiger charge is -2.31. The number of ether oxygens (including phenoxy) is 1. The Labute approximate surface area is 196 Å². The number of rotatable bonds is 11. The van der Waals surface area contributed by atoms with Crippen LogP contribution in [0.4, 0.5) is 0 Å². The molecule has 3 rings (SSSR count). The van der Waals surface area contributed by atoms with E-state index >= 15 is 0 Å². The van der Waals surface area contributed by atoms with E-state index in [0.717, 1.165) is 28.9 Å². The third-order valence-corrected chi connectivity index (χ3v) is 5.51. The summed E-state index contributed by atoms with van der Waals surface area (Å²) in [7, 11) is 1.62. The van der Waals surface area contributed by atoms with Crippen molar-refractivity contribution >= 4 is 11.8 Å². The topological polar surface area (TPSA) is 58.6 Å². The summed E-state index contributed by atoms with van der Waals surface area (Å²) in [5.74, 6) is 0.500. The highest BCUT2D eigenvalue weighted by Gasteiger charge is 2.30. The Balaban J connectivity index is 1.95. The van der Waals surface area contributed by atoms with Gasteiger partial charge in [0.1, 0.15) is 11.8 Å². The lowest BCUT2D eigenvalue weighted by molar-refractivity contribution is -0.140. The summed E-state index contributed by atoms with van der Waals surface area (Å²) in [5, 5.41) is 3.00. The molecule has 5 nitrogen and oxygen atoms in total. The smallest absolute Gasteiger partial charge is 0.243 e. The molecule has 5 heteroatoms. The van der Waals surface area contributed by atoms with Gasteiger partial charge in [0.15, 0.2) is 0 Å². The molecule has 0 radical (unpaired) electrons. The van der Waals surface area contributed by atoms with Crippen LogP contribution in [0, 0.1) is 0 Å². The number of carbonyl (C=O) groups excluding carboxylic acids is 2. The second kappa shape index (κ2) is 12.4. The van der Waals surface area contributed by atoms with Crippen molar-refractivity contribution < 1.29 is 14.3 Å². The normalized spacial score (nSPS) is 11.5. The van der Waals surface area contributed by atoms with Gasteiger partial charge in [-0.15, -0.1) is 0 Å². The number of amides is 2. The molecule has 0 spiro atoms. The minimum absolute atomic E-state index is 0.0865. The Morgan fingerprint density at radius 2 is 1.52 bits per heavy atom. The van der Waals surface area contributed by atoms with Crippen molar-refractivity contribution in [1.29, 1.82) is 0 Å². The molecular weight excluding hydrogens is 412 g/mol. The van der Waals surface area contributed by atoms with Gasteiger partial charge in [0.05, 0.1) is 13.5 Å². The maximum atomic E-state index is 13.6. The van der Waals surface area contributed by atoms with Gasteiger partial charge in [-0.3, -0.25) is 9.59 Å². The van der Waals surface area contributed by atoms with Crippen LogP contribution in [0.3, 0.4) is 0 Å². The zero-order chi connectivity index (χ0) is 23.5. The maximum absolute atomic E-state index is 13.6. The van der Waals surface area contributed by atoms with Crippen LogP contribution in [-0.2, 0) is 29.0 Å². The molecule has 0 fully saturated rings. The van der Waals surface area contributed by atoms with Gasteiger partial charge < -0.3 is 15.0 Å². The molecule has 172 valence electrons. The van der Waals surface area contributed by atoms with E-state index < -0.39 is 6.04 Å². The van der Waals surface area contributed by atoms with Crippen molar-refractivity contribution in [3.05, 3.63) is 102 Å². The van der Waals surface area contributed by atoms with Crippen LogP contribution in [0.15, 0.2) is 84.9 Å². The Morgan fingerprint density at radius 1 is 0.879 bits per heavy atom. The molecule has 0 aromatic heterocycles. The molecule has 1 atom stereocenters. The maximum Gasteiger partial charge on any atom is 0.243 e. The van der Waals surface area contributed by atoms with Crippen LogP contribution in [0.25, 0.3) is 0 Å². The molecule has 0 unspecified atom stereocenters. The zero-order valence-corrected chi connectivity index (χ0v) is 19.4. The van der Waals surface area contributed by atoms with Gasteiger partial charge in [-0.05, 0) is 35.2 Å². The van der Waals surface area contributed by atoms with E-state index in [1.807, 2.05) is 91.9 Å². The van der Waals surface area contributed by atoms with Crippen molar-refractivity contribution in [1.82, 2.24) is 10.2 Å². The number of nitrogens with one attached hydrogen (secondary N) is 1. The van der Waals surface area contributed by atoms with E-state index in [1.165, 1.54) is 0 Å². The first kappa shape index (κ1) is 24.1. The molecule has 3 aromatic rings. The molecule has 0 bridgehead atoms. The molecule has 0 aliphatic carbocycles. The Kier molecular flexibility index (Phi) is 9.07. The fourth-order valence-electron chi connectivity index (χ4n) is 3.76. The molecule has 0 heterocycles. The quantitative estimate of drug-likeness (QED) is 0.477. The van der Waals surface area contributed by atoms with Crippen molar-refractivity contribution in [3.63, 3.8) is 0 Å². The SMILES string of the molecule is CCCNC(=O)[C@H](Cc1ccccc1)N(Cc1cccc(OC)c1)C(=O)Cc1ccccc1. The average molecular weight is 445 g/mol. The molecule has 33 heavy (non-hydrogen) atoms. The average Bonchev–Trinajstić information content (AvgIpc) is 2.86. The molecule has 0 aliphatic heterocycles. The first-order valence-electron chi connectivity index (χ1n) is 11.4. The fraction of sp³-hybridized carbons (Fsp3) is 0.286. The van der Waals surface area contributed by atoms with E-state index in [0.29, 0.717) is 19.5 Å².